The Balaban J connectivity index is 0.00000461. The highest BCUT2D eigenvalue weighted by Crippen LogP contribution is 2.50. The van der Waals surface area contributed by atoms with E-state index in [2.05, 4.69) is 5.32 Å². The standard InChI is InChI=1S/C34H29ClF3NO5.ClH/c1-20(43-33(42)21-10-3-2-4-11-21)25-15-5-6-16-27(25)39-17-8-7-12-23-19-26-28(32(40)41)22-13-9-14-24(18-22)44-31(26)29(30(23)35)34(36,37)38;/h2-6,9-11,13-16,18-20,28,39H,7-8,12,17H2,1H3,(H,40,41);1H. The smallest absolute Gasteiger partial charge is 0.421 e. The molecule has 2 unspecified atom stereocenters. The Hall–Kier alpha value is -4.21. The number of fused-ring (bicyclic) bond motifs is 3. The van der Waals surface area contributed by atoms with Gasteiger partial charge in [0.25, 0.3) is 0 Å². The Labute approximate surface area is 269 Å². The van der Waals surface area contributed by atoms with Crippen LogP contribution in [-0.4, -0.2) is 23.6 Å². The van der Waals surface area contributed by atoms with Gasteiger partial charge in [0.05, 0.1) is 10.6 Å². The van der Waals surface area contributed by atoms with E-state index in [1.807, 2.05) is 30.3 Å². The molecule has 5 rings (SSSR count). The van der Waals surface area contributed by atoms with Gasteiger partial charge in [0.15, 0.2) is 0 Å². The summed E-state index contributed by atoms with van der Waals surface area (Å²) in [6.07, 6.45) is -4.18. The van der Waals surface area contributed by atoms with Gasteiger partial charge in [-0.2, -0.15) is 13.2 Å². The van der Waals surface area contributed by atoms with Gasteiger partial charge in [-0.1, -0.05) is 60.1 Å². The molecule has 0 fully saturated rings. The summed E-state index contributed by atoms with van der Waals surface area (Å²) in [7, 11) is 0. The van der Waals surface area contributed by atoms with Crippen LogP contribution in [-0.2, 0) is 22.1 Å². The fourth-order valence-electron chi connectivity index (χ4n) is 5.35. The molecule has 0 spiro atoms. The van der Waals surface area contributed by atoms with Crippen molar-refractivity contribution < 1.29 is 37.3 Å². The molecule has 236 valence electrons. The van der Waals surface area contributed by atoms with E-state index in [0.29, 0.717) is 30.5 Å². The van der Waals surface area contributed by atoms with Gasteiger partial charge in [0.1, 0.15) is 29.1 Å². The Bertz CT molecular complexity index is 1680. The molecule has 6 nitrogen and oxygen atoms in total. The lowest BCUT2D eigenvalue weighted by Crippen LogP contribution is -2.17. The predicted octanol–water partition coefficient (Wildman–Crippen LogP) is 9.46. The minimum Gasteiger partial charge on any atom is -0.481 e. The summed E-state index contributed by atoms with van der Waals surface area (Å²) in [5.74, 6) is -3.55. The normalized spacial score (nSPS) is 14.2. The Morgan fingerprint density at radius 2 is 1.71 bits per heavy atom. The maximum absolute atomic E-state index is 14.3. The van der Waals surface area contributed by atoms with Crippen LogP contribution >= 0.6 is 24.0 Å². The number of aliphatic carboxylic acids is 1. The molecule has 45 heavy (non-hydrogen) atoms. The number of halogens is 5. The van der Waals surface area contributed by atoms with Gasteiger partial charge >= 0.3 is 18.1 Å². The van der Waals surface area contributed by atoms with Crippen molar-refractivity contribution in [2.24, 2.45) is 0 Å². The largest absolute Gasteiger partial charge is 0.481 e. The summed E-state index contributed by atoms with van der Waals surface area (Å²) < 4.78 is 54.2. The summed E-state index contributed by atoms with van der Waals surface area (Å²) in [6, 6.07) is 23.5. The zero-order chi connectivity index (χ0) is 31.4. The van der Waals surface area contributed by atoms with E-state index in [1.165, 1.54) is 18.2 Å². The third-order valence-electron chi connectivity index (χ3n) is 7.45. The predicted molar refractivity (Wildman–Crippen MR) is 168 cm³/mol. The third-order valence-corrected chi connectivity index (χ3v) is 7.89. The summed E-state index contributed by atoms with van der Waals surface area (Å²) in [5.41, 5.74) is 1.26. The average molecular weight is 661 g/mol. The number of carbonyl (C=O) groups is 2. The molecule has 0 radical (unpaired) electrons. The number of benzene rings is 4. The van der Waals surface area contributed by atoms with Crippen molar-refractivity contribution in [2.75, 3.05) is 11.9 Å². The summed E-state index contributed by atoms with van der Waals surface area (Å²) in [6.45, 7) is 2.27. The number of rotatable bonds is 10. The molecule has 0 aliphatic carbocycles. The van der Waals surface area contributed by atoms with Crippen molar-refractivity contribution in [3.8, 4) is 11.5 Å². The van der Waals surface area contributed by atoms with Crippen molar-refractivity contribution >= 4 is 41.6 Å². The number of ether oxygens (including phenoxy) is 2. The molecular weight excluding hydrogens is 630 g/mol. The van der Waals surface area contributed by atoms with Gasteiger partial charge in [-0.25, -0.2) is 4.79 Å². The number of carbonyl (C=O) groups excluding carboxylic acids is 1. The molecule has 0 amide bonds. The zero-order valence-corrected chi connectivity index (χ0v) is 25.6. The van der Waals surface area contributed by atoms with Gasteiger partial charge < -0.3 is 19.9 Å². The van der Waals surface area contributed by atoms with Crippen LogP contribution in [0, 0.1) is 0 Å². The van der Waals surface area contributed by atoms with E-state index in [0.717, 1.165) is 11.3 Å². The molecule has 0 aromatic heterocycles. The molecule has 4 aromatic rings. The highest BCUT2D eigenvalue weighted by atomic mass is 35.5. The van der Waals surface area contributed by atoms with Crippen molar-refractivity contribution in [1.82, 2.24) is 0 Å². The summed E-state index contributed by atoms with van der Waals surface area (Å²) in [4.78, 5) is 24.8. The van der Waals surface area contributed by atoms with E-state index in [9.17, 15) is 27.9 Å². The fraction of sp³-hybridized carbons (Fsp3) is 0.235. The number of esters is 1. The van der Waals surface area contributed by atoms with Crippen LogP contribution in [0.15, 0.2) is 84.9 Å². The van der Waals surface area contributed by atoms with Crippen molar-refractivity contribution in [3.05, 3.63) is 123 Å². The number of para-hydroxylation sites is 1. The van der Waals surface area contributed by atoms with Crippen molar-refractivity contribution in [1.29, 1.82) is 0 Å². The molecule has 1 aliphatic rings. The quantitative estimate of drug-likeness (QED) is 0.130. The molecule has 2 bridgehead atoms. The number of aryl methyl sites for hydroxylation is 1. The molecule has 1 aliphatic heterocycles. The minimum atomic E-state index is -4.87. The van der Waals surface area contributed by atoms with E-state index in [4.69, 9.17) is 21.1 Å². The number of unbranched alkanes of at least 4 members (excludes halogenated alkanes) is 1. The van der Waals surface area contributed by atoms with Crippen LogP contribution in [0.2, 0.25) is 5.02 Å². The lowest BCUT2D eigenvalue weighted by atomic mass is 9.87. The van der Waals surface area contributed by atoms with Gasteiger partial charge in [0.2, 0.25) is 0 Å². The number of hydrogen-bond donors (Lipinski definition) is 2. The zero-order valence-electron chi connectivity index (χ0n) is 24.1. The average Bonchev–Trinajstić information content (AvgIpc) is 3.09. The first-order chi connectivity index (χ1) is 21.0. The second-order valence-corrected chi connectivity index (χ2v) is 10.8. The van der Waals surface area contributed by atoms with E-state index in [1.54, 1.807) is 43.3 Å². The minimum absolute atomic E-state index is 0. The van der Waals surface area contributed by atoms with Crippen LogP contribution in [0.5, 0.6) is 11.5 Å². The highest BCUT2D eigenvalue weighted by molar-refractivity contribution is 6.32. The van der Waals surface area contributed by atoms with Crippen LogP contribution in [0.4, 0.5) is 18.9 Å². The number of carboxylic acid groups (broad SMARTS) is 1. The van der Waals surface area contributed by atoms with Gasteiger partial charge in [-0.05, 0) is 73.7 Å². The fourth-order valence-corrected chi connectivity index (χ4v) is 5.70. The number of alkyl halides is 3. The topological polar surface area (TPSA) is 84.9 Å². The van der Waals surface area contributed by atoms with E-state index in [-0.39, 0.29) is 35.7 Å². The molecule has 2 atom stereocenters. The van der Waals surface area contributed by atoms with Gasteiger partial charge in [-0.3, -0.25) is 4.79 Å². The lowest BCUT2D eigenvalue weighted by Gasteiger charge is -2.22. The third kappa shape index (κ3) is 7.54. The Kier molecular flexibility index (Phi) is 10.7. The molecule has 0 saturated heterocycles. The maximum atomic E-state index is 14.3. The van der Waals surface area contributed by atoms with E-state index < -0.39 is 46.5 Å². The second kappa shape index (κ2) is 14.3. The van der Waals surface area contributed by atoms with Crippen LogP contribution in [0.25, 0.3) is 0 Å². The van der Waals surface area contributed by atoms with Gasteiger partial charge in [0, 0.05) is 23.4 Å². The highest BCUT2D eigenvalue weighted by Gasteiger charge is 2.42. The second-order valence-electron chi connectivity index (χ2n) is 10.5. The summed E-state index contributed by atoms with van der Waals surface area (Å²) in [5, 5.41) is 12.8. The Morgan fingerprint density at radius 1 is 1.00 bits per heavy atom. The number of hydrogen-bond acceptors (Lipinski definition) is 5. The first-order valence-electron chi connectivity index (χ1n) is 14.1. The molecule has 0 saturated carbocycles. The molecule has 1 heterocycles. The first-order valence-corrected chi connectivity index (χ1v) is 14.4. The van der Waals surface area contributed by atoms with Crippen LogP contribution < -0.4 is 10.1 Å². The van der Waals surface area contributed by atoms with Gasteiger partial charge in [-0.15, -0.1) is 12.4 Å². The monoisotopic (exact) mass is 659 g/mol. The van der Waals surface area contributed by atoms with Crippen molar-refractivity contribution in [2.45, 2.75) is 44.4 Å². The summed E-state index contributed by atoms with van der Waals surface area (Å²) >= 11 is 6.35. The molecule has 2 N–H and O–H groups in total. The van der Waals surface area contributed by atoms with Crippen LogP contribution in [0.1, 0.15) is 70.0 Å². The maximum Gasteiger partial charge on any atom is 0.421 e. The van der Waals surface area contributed by atoms with Crippen LogP contribution in [0.3, 0.4) is 0 Å². The number of carboxylic acids is 1. The first kappa shape index (κ1) is 33.7. The molecular formula is C34H30Cl2F3NO5. The SMILES string of the molecule is CC(OC(=O)c1ccccc1)c1ccccc1NCCCCc1cc2c(c(C(F)(F)F)c1Cl)Oc1cccc(c1)C2C(=O)O.Cl. The Morgan fingerprint density at radius 3 is 2.42 bits per heavy atom. The number of nitrogens with one attached hydrogen (secondary N) is 1. The molecule has 4 aromatic carbocycles. The molecule has 11 heteroatoms. The lowest BCUT2D eigenvalue weighted by molar-refractivity contribution is -0.140. The van der Waals surface area contributed by atoms with E-state index >= 15 is 0 Å². The number of anilines is 1. The van der Waals surface area contributed by atoms with Crippen molar-refractivity contribution in [3.63, 3.8) is 0 Å².